The Balaban J connectivity index is 1.80. The van der Waals surface area contributed by atoms with E-state index in [2.05, 4.69) is 15.5 Å². The smallest absolute Gasteiger partial charge is 0.413 e. The number of nitrogens with zero attached hydrogens (tertiary/aromatic N) is 5. The average molecular weight is 357 g/mol. The number of aliphatic imine (C=N–C) groups is 1. The molecule has 3 rings (SSSR count). The van der Waals surface area contributed by atoms with Gasteiger partial charge in [0.05, 0.1) is 20.4 Å². The third-order valence-electron chi connectivity index (χ3n) is 4.34. The summed E-state index contributed by atoms with van der Waals surface area (Å²) in [5, 5.41) is 4.17. The van der Waals surface area contributed by atoms with E-state index < -0.39 is 6.04 Å². The molecule has 1 N–H and O–H groups in total. The molecule has 0 spiro atoms. The molecule has 1 fully saturated rings. The number of hydrogen-bond acceptors (Lipinski definition) is 6. The standard InChI is InChI=1S/C17H20N6O3/c1-5-23-15(24)13-14(22(3)17(23)25)19-16(21(13)2)20-18-10-11-7-6-8-12(9-11)26-4/h6-10,13H,5H2,1-4H3/p+1/b18-10+. The highest BCUT2D eigenvalue weighted by molar-refractivity contribution is 6.22. The molecule has 3 amide bonds. The Morgan fingerprint density at radius 3 is 2.88 bits per heavy atom. The number of benzene rings is 1. The highest BCUT2D eigenvalue weighted by atomic mass is 16.5. The summed E-state index contributed by atoms with van der Waals surface area (Å²) in [4.78, 5) is 31.8. The topological polar surface area (TPSA) is 89.6 Å². The van der Waals surface area contributed by atoms with Crippen molar-refractivity contribution in [2.75, 3.05) is 27.7 Å². The number of imide groups is 1. The van der Waals surface area contributed by atoms with Gasteiger partial charge in [0.1, 0.15) is 5.75 Å². The zero-order valence-corrected chi connectivity index (χ0v) is 15.1. The van der Waals surface area contributed by atoms with Crippen molar-refractivity contribution in [3.63, 3.8) is 0 Å². The minimum absolute atomic E-state index is 0.287. The van der Waals surface area contributed by atoms with Crippen LogP contribution in [0.5, 0.6) is 5.75 Å². The van der Waals surface area contributed by atoms with E-state index in [1.807, 2.05) is 24.3 Å². The molecule has 9 heteroatoms. The van der Waals surface area contributed by atoms with Crippen molar-refractivity contribution >= 4 is 29.9 Å². The van der Waals surface area contributed by atoms with Gasteiger partial charge in [0.15, 0.2) is 0 Å². The van der Waals surface area contributed by atoms with Gasteiger partial charge in [0.2, 0.25) is 11.9 Å². The number of amides is 3. The maximum atomic E-state index is 12.6. The molecule has 2 aliphatic rings. The van der Waals surface area contributed by atoms with Crippen LogP contribution in [0.4, 0.5) is 4.79 Å². The molecule has 2 aliphatic heterocycles. The second-order valence-corrected chi connectivity index (χ2v) is 5.88. The normalized spacial score (nSPS) is 20.0. The van der Waals surface area contributed by atoms with Crippen LogP contribution in [-0.2, 0) is 4.79 Å². The van der Waals surface area contributed by atoms with Crippen molar-refractivity contribution in [3.05, 3.63) is 29.8 Å². The summed E-state index contributed by atoms with van der Waals surface area (Å²) in [5.41, 5.74) is 3.69. The Bertz CT molecular complexity index is 845. The number of methoxy groups -OCH3 is 1. The number of rotatable bonds is 4. The Morgan fingerprint density at radius 1 is 1.42 bits per heavy atom. The fraction of sp³-hybridized carbons (Fsp3) is 0.353. The van der Waals surface area contributed by atoms with Gasteiger partial charge < -0.3 is 4.74 Å². The van der Waals surface area contributed by atoms with Crippen molar-refractivity contribution in [3.8, 4) is 5.75 Å². The van der Waals surface area contributed by atoms with E-state index in [-0.39, 0.29) is 11.9 Å². The Kier molecular flexibility index (Phi) is 4.70. The molecule has 0 aliphatic carbocycles. The summed E-state index contributed by atoms with van der Waals surface area (Å²) in [7, 11) is 4.95. The number of urea groups is 1. The van der Waals surface area contributed by atoms with Gasteiger partial charge in [-0.2, -0.15) is 5.43 Å². The number of likely N-dealkylation sites (N-methyl/N-ethyl adjacent to an activating group) is 3. The van der Waals surface area contributed by atoms with Gasteiger partial charge in [-0.3, -0.25) is 14.6 Å². The number of ether oxygens (including phenoxy) is 1. The number of guanidine groups is 1. The summed E-state index contributed by atoms with van der Waals surface area (Å²) in [6, 6.07) is 6.43. The van der Waals surface area contributed by atoms with E-state index >= 15 is 0 Å². The van der Waals surface area contributed by atoms with Crippen molar-refractivity contribution in [1.29, 1.82) is 0 Å². The third-order valence-corrected chi connectivity index (χ3v) is 4.34. The Hall–Kier alpha value is -3.23. The van der Waals surface area contributed by atoms with Crippen LogP contribution < -0.4 is 10.2 Å². The molecule has 1 unspecified atom stereocenters. The van der Waals surface area contributed by atoms with Crippen LogP contribution in [0.1, 0.15) is 12.5 Å². The molecule has 0 saturated carbocycles. The van der Waals surface area contributed by atoms with Crippen LogP contribution in [0, 0.1) is 0 Å². The van der Waals surface area contributed by atoms with Gasteiger partial charge in [-0.1, -0.05) is 17.1 Å². The first-order chi connectivity index (χ1) is 12.5. The van der Waals surface area contributed by atoms with Crippen LogP contribution in [-0.4, -0.2) is 78.1 Å². The number of hydrazone groups is 1. The van der Waals surface area contributed by atoms with E-state index in [9.17, 15) is 9.59 Å². The highest BCUT2D eigenvalue weighted by Crippen LogP contribution is 2.18. The average Bonchev–Trinajstić information content (AvgIpc) is 2.97. The first-order valence-electron chi connectivity index (χ1n) is 8.18. The lowest BCUT2D eigenvalue weighted by Gasteiger charge is -2.32. The van der Waals surface area contributed by atoms with Crippen LogP contribution in [0.25, 0.3) is 0 Å². The first-order valence-corrected chi connectivity index (χ1v) is 8.18. The number of amidine groups is 1. The summed E-state index contributed by atoms with van der Waals surface area (Å²) >= 11 is 0. The number of hydrogen-bond donors (Lipinski definition) is 1. The van der Waals surface area contributed by atoms with Crippen LogP contribution >= 0.6 is 0 Å². The minimum Gasteiger partial charge on any atom is -0.497 e. The number of carbonyl (C=O) groups is 2. The molecule has 0 radical (unpaired) electrons. The zero-order valence-electron chi connectivity index (χ0n) is 15.1. The van der Waals surface area contributed by atoms with Gasteiger partial charge in [0.25, 0.3) is 5.91 Å². The monoisotopic (exact) mass is 357 g/mol. The second kappa shape index (κ2) is 6.95. The Labute approximate surface area is 151 Å². The summed E-state index contributed by atoms with van der Waals surface area (Å²) in [5.74, 6) is 1.24. The zero-order chi connectivity index (χ0) is 18.8. The minimum atomic E-state index is -0.632. The maximum Gasteiger partial charge on any atom is 0.413 e. The molecule has 0 bridgehead atoms. The number of carbonyl (C=O) groups excluding carboxylic acids is 2. The summed E-state index contributed by atoms with van der Waals surface area (Å²) < 4.78 is 6.85. The lowest BCUT2D eigenvalue weighted by atomic mass is 10.1. The highest BCUT2D eigenvalue weighted by Gasteiger charge is 2.50. The quantitative estimate of drug-likeness (QED) is 0.477. The molecule has 1 saturated heterocycles. The lowest BCUT2D eigenvalue weighted by Crippen LogP contribution is -2.62. The Morgan fingerprint density at radius 2 is 2.19 bits per heavy atom. The lowest BCUT2D eigenvalue weighted by molar-refractivity contribution is -0.507. The molecule has 9 nitrogen and oxygen atoms in total. The molecule has 1 aromatic rings. The van der Waals surface area contributed by atoms with E-state index in [1.165, 1.54) is 9.80 Å². The van der Waals surface area contributed by atoms with E-state index in [0.717, 1.165) is 11.3 Å². The molecule has 26 heavy (non-hydrogen) atoms. The van der Waals surface area contributed by atoms with E-state index in [1.54, 1.807) is 38.9 Å². The van der Waals surface area contributed by atoms with Gasteiger partial charge >= 0.3 is 12.0 Å². The molecule has 2 heterocycles. The van der Waals surface area contributed by atoms with Crippen LogP contribution in [0.2, 0.25) is 0 Å². The second-order valence-electron chi connectivity index (χ2n) is 5.88. The number of nitrogens with one attached hydrogen (secondary N) is 1. The predicted molar refractivity (Wildman–Crippen MR) is 96.7 cm³/mol. The molecular weight excluding hydrogens is 336 g/mol. The summed E-state index contributed by atoms with van der Waals surface area (Å²) in [6.45, 7) is 2.08. The van der Waals surface area contributed by atoms with Crippen molar-refractivity contribution in [1.82, 2.24) is 15.2 Å². The SMILES string of the molecule is CCN1C(=O)C2C(=NC(N/N=C/c3cccc(OC)c3)=[N+]2C)N(C)C1=O. The maximum absolute atomic E-state index is 12.6. The molecule has 1 aromatic carbocycles. The predicted octanol–water partition coefficient (Wildman–Crippen LogP) is 0.312. The molecule has 136 valence electrons. The fourth-order valence-corrected chi connectivity index (χ4v) is 2.88. The van der Waals surface area contributed by atoms with Gasteiger partial charge in [-0.25, -0.2) is 9.37 Å². The molecule has 1 atom stereocenters. The van der Waals surface area contributed by atoms with Crippen molar-refractivity contribution in [2.45, 2.75) is 13.0 Å². The van der Waals surface area contributed by atoms with Crippen molar-refractivity contribution in [2.24, 2.45) is 10.1 Å². The largest absolute Gasteiger partial charge is 0.497 e. The molecule has 0 aromatic heterocycles. The van der Waals surface area contributed by atoms with Crippen molar-refractivity contribution < 1.29 is 18.9 Å². The summed E-state index contributed by atoms with van der Waals surface area (Å²) in [6.07, 6.45) is 1.63. The first kappa shape index (κ1) is 17.6. The van der Waals surface area contributed by atoms with Gasteiger partial charge in [-0.05, 0) is 24.6 Å². The molecular formula is C17H21N6O3+. The van der Waals surface area contributed by atoms with E-state index in [4.69, 9.17) is 4.74 Å². The van der Waals surface area contributed by atoms with Crippen LogP contribution in [0.15, 0.2) is 34.4 Å². The van der Waals surface area contributed by atoms with Gasteiger partial charge in [-0.15, -0.1) is 5.10 Å². The van der Waals surface area contributed by atoms with E-state index in [0.29, 0.717) is 18.3 Å². The third kappa shape index (κ3) is 2.92. The number of fused-ring (bicyclic) bond motifs is 1. The fourth-order valence-electron chi connectivity index (χ4n) is 2.88. The van der Waals surface area contributed by atoms with Gasteiger partial charge in [0, 0.05) is 13.6 Å². The van der Waals surface area contributed by atoms with Crippen LogP contribution in [0.3, 0.4) is 0 Å².